The summed E-state index contributed by atoms with van der Waals surface area (Å²) in [5.74, 6) is 0. The van der Waals surface area contributed by atoms with Crippen LogP contribution in [0.3, 0.4) is 0 Å². The zero-order valence-electron chi connectivity index (χ0n) is 15.1. The van der Waals surface area contributed by atoms with Gasteiger partial charge in [-0.2, -0.15) is 4.98 Å². The molecule has 0 saturated carbocycles. The van der Waals surface area contributed by atoms with E-state index in [0.29, 0.717) is 35.7 Å². The number of nitrogens with one attached hydrogen (secondary N) is 1. The summed E-state index contributed by atoms with van der Waals surface area (Å²) < 4.78 is 11.5. The van der Waals surface area contributed by atoms with Gasteiger partial charge in [-0.05, 0) is 37.5 Å². The van der Waals surface area contributed by atoms with Gasteiger partial charge in [0.15, 0.2) is 5.58 Å². The zero-order chi connectivity index (χ0) is 18.3. The summed E-state index contributed by atoms with van der Waals surface area (Å²) in [5.41, 5.74) is 5.29. The second kappa shape index (κ2) is 6.33. The van der Waals surface area contributed by atoms with E-state index in [2.05, 4.69) is 10.3 Å². The van der Waals surface area contributed by atoms with E-state index in [-0.39, 0.29) is 5.63 Å². The standard InChI is InChI=1S/C21H20N2O3/c1-4-15-12(2)16-10-17-19(13(3)18(16)25-20(15)24)26-21(23-17)22-11-14-8-6-5-7-9-14/h5-10H,4,11H2,1-3H3,(H,22,23). The van der Waals surface area contributed by atoms with Gasteiger partial charge in [-0.15, -0.1) is 0 Å². The Balaban J connectivity index is 1.80. The van der Waals surface area contributed by atoms with Crippen molar-refractivity contribution in [1.82, 2.24) is 4.98 Å². The number of anilines is 1. The van der Waals surface area contributed by atoms with Gasteiger partial charge in [0.25, 0.3) is 6.01 Å². The van der Waals surface area contributed by atoms with Crippen molar-refractivity contribution in [2.24, 2.45) is 0 Å². The minimum absolute atomic E-state index is 0.276. The van der Waals surface area contributed by atoms with Crippen molar-refractivity contribution in [3.63, 3.8) is 0 Å². The molecular formula is C21H20N2O3. The fourth-order valence-corrected chi connectivity index (χ4v) is 3.34. The van der Waals surface area contributed by atoms with Crippen LogP contribution in [0.1, 0.15) is 29.2 Å². The molecule has 0 aliphatic heterocycles. The molecule has 0 aliphatic carbocycles. The van der Waals surface area contributed by atoms with Gasteiger partial charge in [0.05, 0.1) is 0 Å². The Hall–Kier alpha value is -3.08. The van der Waals surface area contributed by atoms with Crippen LogP contribution in [0.4, 0.5) is 6.01 Å². The maximum atomic E-state index is 12.2. The predicted octanol–water partition coefficient (Wildman–Crippen LogP) is 4.73. The quantitative estimate of drug-likeness (QED) is 0.540. The number of aromatic nitrogens is 1. The SMILES string of the molecule is CCc1c(C)c2cc3nc(NCc4ccccc4)oc3c(C)c2oc1=O. The van der Waals surface area contributed by atoms with Crippen LogP contribution < -0.4 is 10.9 Å². The summed E-state index contributed by atoms with van der Waals surface area (Å²) in [6.07, 6.45) is 0.643. The maximum Gasteiger partial charge on any atom is 0.339 e. The molecule has 0 unspecified atom stereocenters. The van der Waals surface area contributed by atoms with Crippen LogP contribution in [0.15, 0.2) is 50.0 Å². The molecule has 0 fully saturated rings. The summed E-state index contributed by atoms with van der Waals surface area (Å²) in [5, 5.41) is 4.12. The summed E-state index contributed by atoms with van der Waals surface area (Å²) in [6.45, 7) is 6.43. The maximum absolute atomic E-state index is 12.2. The topological polar surface area (TPSA) is 68.3 Å². The third kappa shape index (κ3) is 2.65. The molecule has 0 saturated heterocycles. The highest BCUT2D eigenvalue weighted by Gasteiger charge is 2.17. The first-order chi connectivity index (χ1) is 12.6. The fraction of sp³-hybridized carbons (Fsp3) is 0.238. The highest BCUT2D eigenvalue weighted by molar-refractivity contribution is 5.97. The van der Waals surface area contributed by atoms with Gasteiger partial charge >= 0.3 is 5.63 Å². The van der Waals surface area contributed by atoms with Crippen molar-refractivity contribution in [3.8, 4) is 0 Å². The van der Waals surface area contributed by atoms with E-state index in [1.165, 1.54) is 0 Å². The first-order valence-electron chi connectivity index (χ1n) is 8.72. The average molecular weight is 348 g/mol. The second-order valence-electron chi connectivity index (χ2n) is 6.43. The molecule has 0 amide bonds. The van der Waals surface area contributed by atoms with Gasteiger partial charge in [-0.3, -0.25) is 0 Å². The lowest BCUT2D eigenvalue weighted by Crippen LogP contribution is -2.09. The Labute approximate surface area is 150 Å². The highest BCUT2D eigenvalue weighted by atomic mass is 16.4. The Kier molecular flexibility index (Phi) is 3.99. The van der Waals surface area contributed by atoms with Crippen molar-refractivity contribution in [2.45, 2.75) is 33.7 Å². The molecular weight excluding hydrogens is 328 g/mol. The smallest absolute Gasteiger partial charge is 0.339 e. The predicted molar refractivity (Wildman–Crippen MR) is 103 cm³/mol. The summed E-state index contributed by atoms with van der Waals surface area (Å²) in [6, 6.07) is 12.5. The zero-order valence-corrected chi connectivity index (χ0v) is 15.1. The monoisotopic (exact) mass is 348 g/mol. The molecule has 26 heavy (non-hydrogen) atoms. The van der Waals surface area contributed by atoms with Gasteiger partial charge in [0.2, 0.25) is 0 Å². The van der Waals surface area contributed by atoms with Crippen LogP contribution in [0.25, 0.3) is 22.1 Å². The van der Waals surface area contributed by atoms with Crippen LogP contribution >= 0.6 is 0 Å². The van der Waals surface area contributed by atoms with Gasteiger partial charge in [0, 0.05) is 23.1 Å². The van der Waals surface area contributed by atoms with E-state index >= 15 is 0 Å². The Morgan fingerprint density at radius 3 is 2.54 bits per heavy atom. The molecule has 2 aromatic heterocycles. The first-order valence-corrected chi connectivity index (χ1v) is 8.72. The van der Waals surface area contributed by atoms with Crippen LogP contribution in [0.5, 0.6) is 0 Å². The number of fused-ring (bicyclic) bond motifs is 2. The largest absolute Gasteiger partial charge is 0.423 e. The number of hydrogen-bond acceptors (Lipinski definition) is 5. The van der Waals surface area contributed by atoms with E-state index in [1.54, 1.807) is 0 Å². The third-order valence-electron chi connectivity index (χ3n) is 4.80. The number of benzene rings is 2. The molecule has 0 spiro atoms. The molecule has 5 heteroatoms. The van der Waals surface area contributed by atoms with E-state index < -0.39 is 0 Å². The van der Waals surface area contributed by atoms with E-state index in [0.717, 1.165) is 27.6 Å². The third-order valence-corrected chi connectivity index (χ3v) is 4.80. The first kappa shape index (κ1) is 16.4. The number of aryl methyl sites for hydroxylation is 2. The number of nitrogens with zero attached hydrogens (tertiary/aromatic N) is 1. The summed E-state index contributed by atoms with van der Waals surface area (Å²) in [4.78, 5) is 16.8. The Morgan fingerprint density at radius 1 is 1.04 bits per heavy atom. The molecule has 1 N–H and O–H groups in total. The van der Waals surface area contributed by atoms with Crippen LogP contribution in [0, 0.1) is 13.8 Å². The lowest BCUT2D eigenvalue weighted by Gasteiger charge is -2.07. The number of oxazole rings is 1. The normalized spacial score (nSPS) is 11.3. The lowest BCUT2D eigenvalue weighted by molar-refractivity contribution is 0.546. The summed E-state index contributed by atoms with van der Waals surface area (Å²) >= 11 is 0. The molecule has 4 rings (SSSR count). The van der Waals surface area contributed by atoms with Crippen molar-refractivity contribution >= 4 is 28.1 Å². The fourth-order valence-electron chi connectivity index (χ4n) is 3.34. The van der Waals surface area contributed by atoms with Gasteiger partial charge in [-0.1, -0.05) is 37.3 Å². The highest BCUT2D eigenvalue weighted by Crippen LogP contribution is 2.31. The molecule has 0 radical (unpaired) electrons. The molecule has 0 aliphatic rings. The lowest BCUT2D eigenvalue weighted by atomic mass is 10.0. The number of hydrogen-bond donors (Lipinski definition) is 1. The average Bonchev–Trinajstić information content (AvgIpc) is 3.06. The van der Waals surface area contributed by atoms with Crippen LogP contribution in [-0.2, 0) is 13.0 Å². The minimum atomic E-state index is -0.276. The second-order valence-corrected chi connectivity index (χ2v) is 6.43. The molecule has 5 nitrogen and oxygen atoms in total. The molecule has 132 valence electrons. The molecule has 0 atom stereocenters. The molecule has 2 heterocycles. The van der Waals surface area contributed by atoms with E-state index in [9.17, 15) is 4.79 Å². The Bertz CT molecular complexity index is 1160. The van der Waals surface area contributed by atoms with Crippen molar-refractivity contribution in [1.29, 1.82) is 0 Å². The molecule has 4 aromatic rings. The Morgan fingerprint density at radius 2 is 1.81 bits per heavy atom. The van der Waals surface area contributed by atoms with Crippen molar-refractivity contribution in [2.75, 3.05) is 5.32 Å². The van der Waals surface area contributed by atoms with Gasteiger partial charge in [-0.25, -0.2) is 4.79 Å². The number of rotatable bonds is 4. The summed E-state index contributed by atoms with van der Waals surface area (Å²) in [7, 11) is 0. The van der Waals surface area contributed by atoms with Crippen molar-refractivity contribution < 1.29 is 8.83 Å². The molecule has 2 aromatic carbocycles. The van der Waals surface area contributed by atoms with E-state index in [1.807, 2.05) is 57.2 Å². The van der Waals surface area contributed by atoms with Crippen molar-refractivity contribution in [3.05, 3.63) is 69.1 Å². The molecule has 0 bridgehead atoms. The van der Waals surface area contributed by atoms with Gasteiger partial charge in [0.1, 0.15) is 11.1 Å². The van der Waals surface area contributed by atoms with E-state index in [4.69, 9.17) is 8.83 Å². The van der Waals surface area contributed by atoms with Crippen LogP contribution in [-0.4, -0.2) is 4.98 Å². The van der Waals surface area contributed by atoms with Crippen LogP contribution in [0.2, 0.25) is 0 Å². The minimum Gasteiger partial charge on any atom is -0.423 e. The van der Waals surface area contributed by atoms with Gasteiger partial charge < -0.3 is 14.2 Å².